The molecule has 2 rings (SSSR count). The van der Waals surface area contributed by atoms with E-state index in [0.717, 1.165) is 22.6 Å². The van der Waals surface area contributed by atoms with Crippen LogP contribution >= 0.6 is 11.6 Å². The van der Waals surface area contributed by atoms with Gasteiger partial charge in [0.05, 0.1) is 10.7 Å². The topological polar surface area (TPSA) is 38.9 Å². The Bertz CT molecular complexity index is 445. The standard InChI is InChI=1S/C10H9ClN2O/c1-6-10(7(2)14-13-6)8-3-9(11)5-12-4-8/h3-5H,1-2H3. The van der Waals surface area contributed by atoms with Crippen LogP contribution in [0.4, 0.5) is 0 Å². The predicted molar refractivity (Wildman–Crippen MR) is 54.2 cm³/mol. The zero-order valence-electron chi connectivity index (χ0n) is 7.91. The number of hydrogen-bond donors (Lipinski definition) is 0. The van der Waals surface area contributed by atoms with Crippen LogP contribution in [0.5, 0.6) is 0 Å². The summed E-state index contributed by atoms with van der Waals surface area (Å²) < 4.78 is 5.07. The summed E-state index contributed by atoms with van der Waals surface area (Å²) in [7, 11) is 0. The fraction of sp³-hybridized carbons (Fsp3) is 0.200. The zero-order valence-corrected chi connectivity index (χ0v) is 8.67. The van der Waals surface area contributed by atoms with Crippen LogP contribution in [0.1, 0.15) is 11.5 Å². The van der Waals surface area contributed by atoms with Crippen molar-refractivity contribution in [1.29, 1.82) is 0 Å². The van der Waals surface area contributed by atoms with Crippen molar-refractivity contribution in [3.8, 4) is 11.1 Å². The Morgan fingerprint density at radius 1 is 1.29 bits per heavy atom. The van der Waals surface area contributed by atoms with E-state index in [0.29, 0.717) is 5.02 Å². The smallest absolute Gasteiger partial charge is 0.141 e. The largest absolute Gasteiger partial charge is 0.361 e. The van der Waals surface area contributed by atoms with Crippen molar-refractivity contribution in [3.05, 3.63) is 34.9 Å². The first kappa shape index (κ1) is 9.21. The van der Waals surface area contributed by atoms with E-state index in [4.69, 9.17) is 16.1 Å². The Labute approximate surface area is 86.7 Å². The predicted octanol–water partition coefficient (Wildman–Crippen LogP) is 3.01. The number of hydrogen-bond acceptors (Lipinski definition) is 3. The highest BCUT2D eigenvalue weighted by Gasteiger charge is 2.11. The number of halogens is 1. The van der Waals surface area contributed by atoms with Gasteiger partial charge in [0, 0.05) is 23.5 Å². The minimum Gasteiger partial charge on any atom is -0.361 e. The average molecular weight is 209 g/mol. The van der Waals surface area contributed by atoms with Crippen molar-refractivity contribution < 1.29 is 4.52 Å². The molecule has 0 spiro atoms. The molecule has 14 heavy (non-hydrogen) atoms. The fourth-order valence-corrected chi connectivity index (χ4v) is 1.62. The SMILES string of the molecule is Cc1noc(C)c1-c1cncc(Cl)c1. The summed E-state index contributed by atoms with van der Waals surface area (Å²) in [5, 5.41) is 4.49. The Morgan fingerprint density at radius 3 is 2.64 bits per heavy atom. The summed E-state index contributed by atoms with van der Waals surface area (Å²) in [5.41, 5.74) is 2.76. The van der Waals surface area contributed by atoms with Crippen LogP contribution < -0.4 is 0 Å². The molecular weight excluding hydrogens is 200 g/mol. The van der Waals surface area contributed by atoms with Gasteiger partial charge in [-0.1, -0.05) is 16.8 Å². The minimum absolute atomic E-state index is 0.613. The van der Waals surface area contributed by atoms with E-state index in [-0.39, 0.29) is 0 Å². The molecule has 0 unspecified atom stereocenters. The highest BCUT2D eigenvalue weighted by Crippen LogP contribution is 2.27. The quantitative estimate of drug-likeness (QED) is 0.723. The van der Waals surface area contributed by atoms with E-state index in [1.807, 2.05) is 19.9 Å². The number of aromatic nitrogens is 2. The molecule has 0 aliphatic heterocycles. The summed E-state index contributed by atoms with van der Waals surface area (Å²) in [6, 6.07) is 1.85. The van der Waals surface area contributed by atoms with Gasteiger partial charge in [-0.2, -0.15) is 0 Å². The van der Waals surface area contributed by atoms with E-state index in [2.05, 4.69) is 10.1 Å². The summed E-state index contributed by atoms with van der Waals surface area (Å²) in [4.78, 5) is 4.02. The molecule has 2 aromatic heterocycles. The van der Waals surface area contributed by atoms with Gasteiger partial charge in [0.1, 0.15) is 5.76 Å². The van der Waals surface area contributed by atoms with Gasteiger partial charge in [-0.3, -0.25) is 4.98 Å². The monoisotopic (exact) mass is 208 g/mol. The van der Waals surface area contributed by atoms with Crippen molar-refractivity contribution in [2.45, 2.75) is 13.8 Å². The molecule has 0 aliphatic carbocycles. The van der Waals surface area contributed by atoms with Gasteiger partial charge in [-0.15, -0.1) is 0 Å². The van der Waals surface area contributed by atoms with Crippen LogP contribution in [0, 0.1) is 13.8 Å². The van der Waals surface area contributed by atoms with Gasteiger partial charge in [0.15, 0.2) is 0 Å². The van der Waals surface area contributed by atoms with Gasteiger partial charge in [-0.05, 0) is 19.9 Å². The molecule has 0 amide bonds. The van der Waals surface area contributed by atoms with Crippen LogP contribution in [0.2, 0.25) is 5.02 Å². The van der Waals surface area contributed by atoms with Crippen LogP contribution in [0.15, 0.2) is 23.0 Å². The van der Waals surface area contributed by atoms with Gasteiger partial charge >= 0.3 is 0 Å². The highest BCUT2D eigenvalue weighted by molar-refractivity contribution is 6.30. The van der Waals surface area contributed by atoms with Gasteiger partial charge < -0.3 is 4.52 Å². The number of rotatable bonds is 1. The van der Waals surface area contributed by atoms with Crippen LogP contribution in [-0.4, -0.2) is 10.1 Å². The Hall–Kier alpha value is -1.35. The fourth-order valence-electron chi connectivity index (χ4n) is 1.44. The summed E-state index contributed by atoms with van der Waals surface area (Å²) in [5.74, 6) is 0.784. The molecule has 0 bridgehead atoms. The van der Waals surface area contributed by atoms with Crippen molar-refractivity contribution in [3.63, 3.8) is 0 Å². The van der Waals surface area contributed by atoms with Gasteiger partial charge in [0.25, 0.3) is 0 Å². The molecule has 72 valence electrons. The molecule has 0 aliphatic rings. The maximum absolute atomic E-state index is 5.85. The number of aryl methyl sites for hydroxylation is 2. The highest BCUT2D eigenvalue weighted by atomic mass is 35.5. The van der Waals surface area contributed by atoms with E-state index in [1.54, 1.807) is 12.4 Å². The lowest BCUT2D eigenvalue weighted by Gasteiger charge is -1.99. The zero-order chi connectivity index (χ0) is 10.1. The normalized spacial score (nSPS) is 10.5. The molecule has 0 N–H and O–H groups in total. The molecule has 0 saturated heterocycles. The molecule has 0 aromatic carbocycles. The van der Waals surface area contributed by atoms with E-state index < -0.39 is 0 Å². The third-order valence-corrected chi connectivity index (χ3v) is 2.23. The lowest BCUT2D eigenvalue weighted by molar-refractivity contribution is 0.393. The number of nitrogens with zero attached hydrogens (tertiary/aromatic N) is 2. The van der Waals surface area contributed by atoms with Crippen molar-refractivity contribution in [1.82, 2.24) is 10.1 Å². The average Bonchev–Trinajstić information content (AvgIpc) is 2.46. The van der Waals surface area contributed by atoms with Gasteiger partial charge in [-0.25, -0.2) is 0 Å². The molecule has 2 heterocycles. The summed E-state index contributed by atoms with van der Waals surface area (Å²) >= 11 is 5.85. The second kappa shape index (κ2) is 3.42. The third kappa shape index (κ3) is 1.51. The molecule has 4 heteroatoms. The first-order chi connectivity index (χ1) is 6.68. The molecule has 0 radical (unpaired) electrons. The van der Waals surface area contributed by atoms with Crippen molar-refractivity contribution in [2.24, 2.45) is 0 Å². The second-order valence-corrected chi connectivity index (χ2v) is 3.53. The second-order valence-electron chi connectivity index (χ2n) is 3.09. The molecule has 0 atom stereocenters. The molecule has 3 nitrogen and oxygen atoms in total. The number of pyridine rings is 1. The molecule has 0 fully saturated rings. The Kier molecular flexibility index (Phi) is 2.25. The molecule has 0 saturated carbocycles. The third-order valence-electron chi connectivity index (χ3n) is 2.03. The Balaban J connectivity index is 2.59. The first-order valence-corrected chi connectivity index (χ1v) is 4.60. The van der Waals surface area contributed by atoms with Crippen molar-refractivity contribution >= 4 is 11.6 Å². The maximum atomic E-state index is 5.85. The van der Waals surface area contributed by atoms with Crippen LogP contribution in [0.3, 0.4) is 0 Å². The van der Waals surface area contributed by atoms with Crippen molar-refractivity contribution in [2.75, 3.05) is 0 Å². The summed E-state index contributed by atoms with van der Waals surface area (Å²) in [6.45, 7) is 3.77. The maximum Gasteiger partial charge on any atom is 0.141 e. The van der Waals surface area contributed by atoms with Crippen LogP contribution in [0.25, 0.3) is 11.1 Å². The molecular formula is C10H9ClN2O. The lowest BCUT2D eigenvalue weighted by atomic mass is 10.1. The van der Waals surface area contributed by atoms with E-state index in [9.17, 15) is 0 Å². The first-order valence-electron chi connectivity index (χ1n) is 4.22. The summed E-state index contributed by atoms with van der Waals surface area (Å²) in [6.07, 6.45) is 3.35. The van der Waals surface area contributed by atoms with Gasteiger partial charge in [0.2, 0.25) is 0 Å². The van der Waals surface area contributed by atoms with E-state index in [1.165, 1.54) is 0 Å². The lowest BCUT2D eigenvalue weighted by Crippen LogP contribution is -1.83. The Morgan fingerprint density at radius 2 is 2.07 bits per heavy atom. The minimum atomic E-state index is 0.613. The van der Waals surface area contributed by atoms with E-state index >= 15 is 0 Å². The van der Waals surface area contributed by atoms with Crippen LogP contribution in [-0.2, 0) is 0 Å². The molecule has 2 aromatic rings.